The Kier molecular flexibility index (Phi) is 9.57. The van der Waals surface area contributed by atoms with Gasteiger partial charge in [0.25, 0.3) is 17.7 Å². The number of hydrogen-bond donors (Lipinski definition) is 2. The molecule has 50 heavy (non-hydrogen) atoms. The first-order valence-corrected chi connectivity index (χ1v) is 17.8. The highest BCUT2D eigenvalue weighted by Gasteiger charge is 2.49. The molecule has 3 heterocycles. The number of aromatic nitrogens is 2. The molecule has 0 unspecified atom stereocenters. The topological polar surface area (TPSA) is 103 Å². The van der Waals surface area contributed by atoms with Gasteiger partial charge in [-0.1, -0.05) is 36.4 Å². The van der Waals surface area contributed by atoms with Crippen molar-refractivity contribution < 1.29 is 14.4 Å². The highest BCUT2D eigenvalue weighted by molar-refractivity contribution is 6.04. The first-order valence-electron chi connectivity index (χ1n) is 17.8. The minimum Gasteiger partial charge on any atom is -0.345 e. The summed E-state index contributed by atoms with van der Waals surface area (Å²) in [5, 5.41) is 6.05. The number of imidazole rings is 1. The predicted octanol–water partition coefficient (Wildman–Crippen LogP) is 5.47. The van der Waals surface area contributed by atoms with Crippen molar-refractivity contribution in [2.75, 3.05) is 46.1 Å². The second kappa shape index (κ2) is 14.2. The van der Waals surface area contributed by atoms with Gasteiger partial charge in [-0.15, -0.1) is 0 Å². The molecule has 0 radical (unpaired) electrons. The van der Waals surface area contributed by atoms with Crippen molar-refractivity contribution in [3.05, 3.63) is 118 Å². The lowest BCUT2D eigenvalue weighted by molar-refractivity contribution is -0.0217. The molecule has 1 aliphatic carbocycles. The molecule has 3 aromatic carbocycles. The van der Waals surface area contributed by atoms with Crippen LogP contribution in [-0.4, -0.2) is 82.7 Å². The fourth-order valence-electron chi connectivity index (χ4n) is 7.72. The van der Waals surface area contributed by atoms with Crippen LogP contribution in [0, 0.1) is 0 Å². The first-order chi connectivity index (χ1) is 24.2. The minimum atomic E-state index is -0.193. The van der Waals surface area contributed by atoms with E-state index in [4.69, 9.17) is 0 Å². The number of fused-ring (bicyclic) bond motifs is 2. The Balaban J connectivity index is 0.934. The first kappa shape index (κ1) is 33.7. The number of hydrogen-bond acceptors (Lipinski definition) is 6. The second-order valence-electron chi connectivity index (χ2n) is 14.4. The molecule has 2 fully saturated rings. The summed E-state index contributed by atoms with van der Waals surface area (Å²) >= 11 is 0. The molecule has 10 heteroatoms. The van der Waals surface area contributed by atoms with Gasteiger partial charge in [0.15, 0.2) is 5.82 Å². The number of piperidine rings is 1. The van der Waals surface area contributed by atoms with E-state index in [1.807, 2.05) is 66.9 Å². The number of benzene rings is 3. The Morgan fingerprint density at radius 3 is 2.12 bits per heavy atom. The van der Waals surface area contributed by atoms with Gasteiger partial charge < -0.3 is 25.0 Å². The van der Waals surface area contributed by atoms with Crippen LogP contribution in [0.1, 0.15) is 91.7 Å². The summed E-state index contributed by atoms with van der Waals surface area (Å²) in [7, 11) is 5.69. The van der Waals surface area contributed by atoms with Gasteiger partial charge in [0.05, 0.1) is 17.4 Å². The summed E-state index contributed by atoms with van der Waals surface area (Å²) in [5.41, 5.74) is 6.42. The van der Waals surface area contributed by atoms with Gasteiger partial charge >= 0.3 is 0 Å². The Hall–Kier alpha value is -4.80. The number of anilines is 1. The molecule has 260 valence electrons. The SMILES string of the molecule is CN1CCC(c2ccc(C(=O)Nc3ccc(CNC(=O)c4ncc5n4CCN(Cc4ccc(C(=O)N(C)C)cc4)C54CCC4)cc3)cc2)CC1. The van der Waals surface area contributed by atoms with Crippen LogP contribution >= 0.6 is 0 Å². The summed E-state index contributed by atoms with van der Waals surface area (Å²) in [4.78, 5) is 49.7. The van der Waals surface area contributed by atoms with Crippen molar-refractivity contribution in [1.29, 1.82) is 0 Å². The molecule has 1 saturated carbocycles. The van der Waals surface area contributed by atoms with Crippen LogP contribution in [0.5, 0.6) is 0 Å². The minimum absolute atomic E-state index is 0.000353. The van der Waals surface area contributed by atoms with Crippen LogP contribution in [0.25, 0.3) is 0 Å². The van der Waals surface area contributed by atoms with E-state index in [1.165, 1.54) is 11.1 Å². The van der Waals surface area contributed by atoms with Gasteiger partial charge in [0.1, 0.15) is 0 Å². The van der Waals surface area contributed by atoms with Gasteiger partial charge in [0, 0.05) is 57.1 Å². The molecule has 3 aliphatic rings. The summed E-state index contributed by atoms with van der Waals surface area (Å²) in [6.45, 7) is 4.86. The molecule has 7 rings (SSSR count). The molecular formula is C40H47N7O3. The second-order valence-corrected chi connectivity index (χ2v) is 14.4. The molecule has 0 atom stereocenters. The lowest BCUT2D eigenvalue weighted by atomic mass is 9.72. The molecule has 3 amide bonds. The van der Waals surface area contributed by atoms with E-state index in [9.17, 15) is 14.4 Å². The van der Waals surface area contributed by atoms with Gasteiger partial charge in [-0.3, -0.25) is 19.3 Å². The summed E-state index contributed by atoms with van der Waals surface area (Å²) in [6.07, 6.45) is 7.39. The number of carbonyl (C=O) groups excluding carboxylic acids is 3. The van der Waals surface area contributed by atoms with Crippen molar-refractivity contribution in [2.45, 2.75) is 63.2 Å². The number of nitrogens with one attached hydrogen (secondary N) is 2. The van der Waals surface area contributed by atoms with Gasteiger partial charge in [0.2, 0.25) is 0 Å². The van der Waals surface area contributed by atoms with Crippen LogP contribution in [0.4, 0.5) is 5.69 Å². The Morgan fingerprint density at radius 1 is 0.820 bits per heavy atom. The third-order valence-corrected chi connectivity index (χ3v) is 10.9. The summed E-state index contributed by atoms with van der Waals surface area (Å²) < 4.78 is 2.10. The van der Waals surface area contributed by atoms with Crippen molar-refractivity contribution in [1.82, 2.24) is 29.6 Å². The predicted molar refractivity (Wildman–Crippen MR) is 194 cm³/mol. The largest absolute Gasteiger partial charge is 0.345 e. The molecule has 2 N–H and O–H groups in total. The monoisotopic (exact) mass is 673 g/mol. The number of rotatable bonds is 9. The number of carbonyl (C=O) groups is 3. The average molecular weight is 674 g/mol. The van der Waals surface area contributed by atoms with Crippen LogP contribution in [0.3, 0.4) is 0 Å². The van der Waals surface area contributed by atoms with Gasteiger partial charge in [-0.2, -0.15) is 0 Å². The lowest BCUT2D eigenvalue weighted by Gasteiger charge is -2.53. The molecule has 2 aliphatic heterocycles. The molecule has 1 spiro atoms. The van der Waals surface area contributed by atoms with Crippen LogP contribution in [0.2, 0.25) is 0 Å². The fraction of sp³-hybridized carbons (Fsp3) is 0.400. The van der Waals surface area contributed by atoms with Crippen LogP contribution in [0.15, 0.2) is 79.0 Å². The summed E-state index contributed by atoms with van der Waals surface area (Å²) in [5.74, 6) is 0.676. The smallest absolute Gasteiger partial charge is 0.287 e. The van der Waals surface area contributed by atoms with E-state index < -0.39 is 0 Å². The van der Waals surface area contributed by atoms with E-state index >= 15 is 0 Å². The maximum absolute atomic E-state index is 13.4. The molecular weight excluding hydrogens is 626 g/mol. The third kappa shape index (κ3) is 6.82. The highest BCUT2D eigenvalue weighted by Crippen LogP contribution is 2.49. The lowest BCUT2D eigenvalue weighted by Crippen LogP contribution is -2.56. The van der Waals surface area contributed by atoms with Crippen molar-refractivity contribution >= 4 is 23.4 Å². The fourth-order valence-corrected chi connectivity index (χ4v) is 7.72. The maximum atomic E-state index is 13.4. The van der Waals surface area contributed by atoms with E-state index in [2.05, 4.69) is 49.2 Å². The van der Waals surface area contributed by atoms with E-state index in [0.717, 1.165) is 69.5 Å². The van der Waals surface area contributed by atoms with Crippen molar-refractivity contribution in [2.24, 2.45) is 0 Å². The molecule has 1 aromatic heterocycles. The zero-order valence-electron chi connectivity index (χ0n) is 29.3. The quantitative estimate of drug-likeness (QED) is 0.244. The Morgan fingerprint density at radius 2 is 1.48 bits per heavy atom. The Bertz CT molecular complexity index is 1840. The molecule has 0 bridgehead atoms. The van der Waals surface area contributed by atoms with Crippen LogP contribution in [-0.2, 0) is 25.2 Å². The maximum Gasteiger partial charge on any atom is 0.287 e. The van der Waals surface area contributed by atoms with E-state index in [1.54, 1.807) is 19.0 Å². The van der Waals surface area contributed by atoms with E-state index in [0.29, 0.717) is 41.6 Å². The summed E-state index contributed by atoms with van der Waals surface area (Å²) in [6, 6.07) is 23.5. The molecule has 4 aromatic rings. The normalized spacial score (nSPS) is 17.5. The average Bonchev–Trinajstić information content (AvgIpc) is 3.55. The Labute approximate surface area is 294 Å². The van der Waals surface area contributed by atoms with E-state index in [-0.39, 0.29) is 23.3 Å². The number of amides is 3. The number of likely N-dealkylation sites (tertiary alicyclic amines) is 1. The van der Waals surface area contributed by atoms with Crippen molar-refractivity contribution in [3.63, 3.8) is 0 Å². The number of nitrogens with zero attached hydrogens (tertiary/aromatic N) is 5. The highest BCUT2D eigenvalue weighted by atomic mass is 16.2. The molecule has 10 nitrogen and oxygen atoms in total. The molecule has 1 saturated heterocycles. The standard InChI is InChI=1S/C40H47N7O3/c1-44(2)39(50)33-9-5-29(6-10-33)27-46-23-24-47-35(40(46)19-4-20-40)26-41-36(47)38(49)42-25-28-7-15-34(16-8-28)43-37(48)32-13-11-30(12-14-32)31-17-21-45(3)22-18-31/h5-16,26,31H,4,17-25,27H2,1-3H3,(H,42,49)(H,43,48). The van der Waals surface area contributed by atoms with Gasteiger partial charge in [-0.05, 0) is 111 Å². The zero-order valence-corrected chi connectivity index (χ0v) is 29.3. The third-order valence-electron chi connectivity index (χ3n) is 10.9. The van der Waals surface area contributed by atoms with Crippen LogP contribution < -0.4 is 10.6 Å². The zero-order chi connectivity index (χ0) is 34.8. The van der Waals surface area contributed by atoms with Crippen molar-refractivity contribution in [3.8, 4) is 0 Å². The van der Waals surface area contributed by atoms with Gasteiger partial charge in [-0.25, -0.2) is 4.98 Å².